The Labute approximate surface area is 157 Å². The van der Waals surface area contributed by atoms with Crippen molar-refractivity contribution < 1.29 is 19.0 Å². The number of nitrogens with zero attached hydrogens (tertiary/aromatic N) is 1. The zero-order chi connectivity index (χ0) is 18.8. The predicted octanol–water partition coefficient (Wildman–Crippen LogP) is 3.67. The monoisotopic (exact) mass is 376 g/mol. The molecule has 26 heavy (non-hydrogen) atoms. The maximum atomic E-state index is 11.7. The predicted molar refractivity (Wildman–Crippen MR) is 101 cm³/mol. The van der Waals surface area contributed by atoms with Crippen LogP contribution in [0, 0.1) is 0 Å². The molecular weight excluding hydrogens is 356 g/mol. The van der Waals surface area contributed by atoms with Gasteiger partial charge in [-0.15, -0.1) is 0 Å². The molecule has 0 atom stereocenters. The van der Waals surface area contributed by atoms with Gasteiger partial charge in [0, 0.05) is 5.02 Å². The summed E-state index contributed by atoms with van der Waals surface area (Å²) in [7, 11) is 1.57. The summed E-state index contributed by atoms with van der Waals surface area (Å²) in [6.45, 7) is 2.51. The molecular formula is C19H21ClN2O4. The Morgan fingerprint density at radius 1 is 1.15 bits per heavy atom. The van der Waals surface area contributed by atoms with E-state index in [1.54, 1.807) is 43.5 Å². The molecule has 2 aromatic carbocycles. The molecule has 0 saturated carbocycles. The van der Waals surface area contributed by atoms with Crippen molar-refractivity contribution in [3.05, 3.63) is 53.1 Å². The fourth-order valence-corrected chi connectivity index (χ4v) is 2.11. The highest BCUT2D eigenvalue weighted by atomic mass is 35.5. The number of amides is 1. The van der Waals surface area contributed by atoms with Gasteiger partial charge in [-0.05, 0) is 54.4 Å². The van der Waals surface area contributed by atoms with Crippen molar-refractivity contribution in [2.75, 3.05) is 20.3 Å². The molecule has 138 valence electrons. The van der Waals surface area contributed by atoms with E-state index in [0.717, 1.165) is 12.0 Å². The molecule has 1 amide bonds. The third-order valence-corrected chi connectivity index (χ3v) is 3.49. The summed E-state index contributed by atoms with van der Waals surface area (Å²) in [4.78, 5) is 11.7. The Morgan fingerprint density at radius 3 is 2.62 bits per heavy atom. The molecule has 0 spiro atoms. The number of carbonyl (C=O) groups is 1. The highest BCUT2D eigenvalue weighted by Gasteiger charge is 2.05. The van der Waals surface area contributed by atoms with Crippen molar-refractivity contribution >= 4 is 23.7 Å². The van der Waals surface area contributed by atoms with Gasteiger partial charge in [0.05, 0.1) is 19.9 Å². The van der Waals surface area contributed by atoms with Gasteiger partial charge in [0.15, 0.2) is 18.1 Å². The fourth-order valence-electron chi connectivity index (χ4n) is 1.99. The van der Waals surface area contributed by atoms with Crippen LogP contribution >= 0.6 is 11.6 Å². The van der Waals surface area contributed by atoms with Gasteiger partial charge in [0.25, 0.3) is 5.91 Å². The SMILES string of the molecule is CCCOc1ccc(/C=N\NC(=O)COc2ccc(Cl)cc2)cc1OC. The molecule has 0 aliphatic carbocycles. The van der Waals surface area contributed by atoms with Crippen LogP contribution in [0.4, 0.5) is 0 Å². The van der Waals surface area contributed by atoms with E-state index in [4.69, 9.17) is 25.8 Å². The Morgan fingerprint density at radius 2 is 1.92 bits per heavy atom. The lowest BCUT2D eigenvalue weighted by molar-refractivity contribution is -0.123. The first-order chi connectivity index (χ1) is 12.6. The number of nitrogens with one attached hydrogen (secondary N) is 1. The van der Waals surface area contributed by atoms with Gasteiger partial charge >= 0.3 is 0 Å². The maximum absolute atomic E-state index is 11.7. The van der Waals surface area contributed by atoms with Gasteiger partial charge < -0.3 is 14.2 Å². The number of rotatable bonds is 9. The van der Waals surface area contributed by atoms with Crippen molar-refractivity contribution in [2.24, 2.45) is 5.10 Å². The van der Waals surface area contributed by atoms with Crippen LogP contribution in [0.1, 0.15) is 18.9 Å². The van der Waals surface area contributed by atoms with Gasteiger partial charge in [0.2, 0.25) is 0 Å². The number of carbonyl (C=O) groups excluding carboxylic acids is 1. The van der Waals surface area contributed by atoms with Crippen LogP contribution in [-0.4, -0.2) is 32.4 Å². The zero-order valence-electron chi connectivity index (χ0n) is 14.7. The van der Waals surface area contributed by atoms with Crippen LogP contribution in [0.2, 0.25) is 5.02 Å². The minimum absolute atomic E-state index is 0.147. The molecule has 1 N–H and O–H groups in total. The van der Waals surface area contributed by atoms with Crippen molar-refractivity contribution in [3.63, 3.8) is 0 Å². The molecule has 0 radical (unpaired) electrons. The first-order valence-corrected chi connectivity index (χ1v) is 8.51. The van der Waals surface area contributed by atoms with Crippen LogP contribution in [0.15, 0.2) is 47.6 Å². The molecule has 2 aromatic rings. The van der Waals surface area contributed by atoms with Crippen LogP contribution in [0.3, 0.4) is 0 Å². The molecule has 0 unspecified atom stereocenters. The van der Waals surface area contributed by atoms with E-state index in [9.17, 15) is 4.79 Å². The smallest absolute Gasteiger partial charge is 0.277 e. The lowest BCUT2D eigenvalue weighted by atomic mass is 10.2. The fraction of sp³-hybridized carbons (Fsp3) is 0.263. The van der Waals surface area contributed by atoms with E-state index in [0.29, 0.717) is 28.9 Å². The topological polar surface area (TPSA) is 69.2 Å². The van der Waals surface area contributed by atoms with Gasteiger partial charge in [-0.25, -0.2) is 5.43 Å². The lowest BCUT2D eigenvalue weighted by Crippen LogP contribution is -2.24. The second-order valence-corrected chi connectivity index (χ2v) is 5.73. The third-order valence-electron chi connectivity index (χ3n) is 3.24. The van der Waals surface area contributed by atoms with Gasteiger partial charge in [-0.3, -0.25) is 4.79 Å². The largest absolute Gasteiger partial charge is 0.493 e. The van der Waals surface area contributed by atoms with Crippen LogP contribution < -0.4 is 19.6 Å². The number of hydrogen-bond donors (Lipinski definition) is 1. The van der Waals surface area contributed by atoms with Crippen LogP contribution in [0.5, 0.6) is 17.2 Å². The third kappa shape index (κ3) is 6.29. The van der Waals surface area contributed by atoms with E-state index >= 15 is 0 Å². The molecule has 0 aromatic heterocycles. The van der Waals surface area contributed by atoms with Gasteiger partial charge in [0.1, 0.15) is 5.75 Å². The van der Waals surface area contributed by atoms with Crippen molar-refractivity contribution in [2.45, 2.75) is 13.3 Å². The standard InChI is InChI=1S/C19H21ClN2O4/c1-3-10-25-17-9-4-14(11-18(17)24-2)12-21-22-19(23)13-26-16-7-5-15(20)6-8-16/h4-9,11-12H,3,10,13H2,1-2H3,(H,22,23)/b21-12-. The molecule has 6 nitrogen and oxygen atoms in total. The first-order valence-electron chi connectivity index (χ1n) is 8.13. The molecule has 0 aliphatic rings. The van der Waals surface area contributed by atoms with Crippen LogP contribution in [0.25, 0.3) is 0 Å². The number of hydrogen-bond acceptors (Lipinski definition) is 5. The zero-order valence-corrected chi connectivity index (χ0v) is 15.5. The summed E-state index contributed by atoms with van der Waals surface area (Å²) < 4.78 is 16.2. The van der Waals surface area contributed by atoms with E-state index in [-0.39, 0.29) is 12.5 Å². The second-order valence-electron chi connectivity index (χ2n) is 5.29. The summed E-state index contributed by atoms with van der Waals surface area (Å²) in [5, 5.41) is 4.52. The van der Waals surface area contributed by atoms with Gasteiger partial charge in [-0.1, -0.05) is 18.5 Å². The molecule has 0 saturated heterocycles. The molecule has 0 bridgehead atoms. The minimum atomic E-state index is -0.369. The Balaban J connectivity index is 1.84. The summed E-state index contributed by atoms with van der Waals surface area (Å²) in [5.41, 5.74) is 3.17. The van der Waals surface area contributed by atoms with E-state index in [1.165, 1.54) is 6.21 Å². The summed E-state index contributed by atoms with van der Waals surface area (Å²) in [6, 6.07) is 12.2. The van der Waals surface area contributed by atoms with Gasteiger partial charge in [-0.2, -0.15) is 5.10 Å². The lowest BCUT2D eigenvalue weighted by Gasteiger charge is -2.10. The maximum Gasteiger partial charge on any atom is 0.277 e. The number of ether oxygens (including phenoxy) is 3. The molecule has 2 rings (SSSR count). The van der Waals surface area contributed by atoms with Crippen molar-refractivity contribution in [1.82, 2.24) is 5.43 Å². The Kier molecular flexibility index (Phi) is 7.76. The second kappa shape index (κ2) is 10.3. The van der Waals surface area contributed by atoms with E-state index in [1.807, 2.05) is 13.0 Å². The summed E-state index contributed by atoms with van der Waals surface area (Å²) in [5.74, 6) is 1.47. The molecule has 0 aliphatic heterocycles. The normalized spacial score (nSPS) is 10.6. The number of methoxy groups -OCH3 is 1. The summed E-state index contributed by atoms with van der Waals surface area (Å²) in [6.07, 6.45) is 2.43. The number of benzene rings is 2. The van der Waals surface area contributed by atoms with Crippen LogP contribution in [-0.2, 0) is 4.79 Å². The first kappa shape index (κ1) is 19.6. The average Bonchev–Trinajstić information content (AvgIpc) is 2.66. The molecule has 7 heteroatoms. The highest BCUT2D eigenvalue weighted by Crippen LogP contribution is 2.27. The quantitative estimate of drug-likeness (QED) is 0.535. The van der Waals surface area contributed by atoms with E-state index in [2.05, 4.69) is 10.5 Å². The number of halogens is 1. The summed E-state index contributed by atoms with van der Waals surface area (Å²) >= 11 is 5.79. The Hall–Kier alpha value is -2.73. The highest BCUT2D eigenvalue weighted by molar-refractivity contribution is 6.30. The average molecular weight is 377 g/mol. The minimum Gasteiger partial charge on any atom is -0.493 e. The van der Waals surface area contributed by atoms with E-state index < -0.39 is 0 Å². The molecule has 0 fully saturated rings. The molecule has 0 heterocycles. The van der Waals surface area contributed by atoms with Crippen molar-refractivity contribution in [1.29, 1.82) is 0 Å². The van der Waals surface area contributed by atoms with Crippen molar-refractivity contribution in [3.8, 4) is 17.2 Å². The number of hydrazone groups is 1. The Bertz CT molecular complexity index is 748.